The number of rotatable bonds is 8. The molecule has 27 aromatic rings. The van der Waals surface area contributed by atoms with Crippen LogP contribution < -0.4 is 0 Å². The molecule has 0 bridgehead atoms. The minimum absolute atomic E-state index is 0.576. The van der Waals surface area contributed by atoms with E-state index in [4.69, 9.17) is 38.7 Å². The molecule has 10 heteroatoms. The van der Waals surface area contributed by atoms with Gasteiger partial charge in [0.15, 0.2) is 46.1 Å². The molecule has 6 aromatic heterocycles. The number of fused-ring (bicyclic) bond motifs is 24. The molecule has 124 heavy (non-hydrogen) atoms. The lowest BCUT2D eigenvalue weighted by molar-refractivity contribution is 0.666. The number of hydrogen-bond donors (Lipinski definition) is 0. The Morgan fingerprint density at radius 3 is 1.11 bits per heavy atom. The molecule has 0 aliphatic heterocycles. The van der Waals surface area contributed by atoms with Gasteiger partial charge in [-0.15, -0.1) is 0 Å². The molecule has 0 atom stereocenters. The number of nitrogens with zero attached hydrogens (tertiary/aromatic N) is 8. The summed E-state index contributed by atoms with van der Waals surface area (Å²) in [5.41, 5.74) is 15.1. The van der Waals surface area contributed by atoms with Crippen molar-refractivity contribution >= 4 is 184 Å². The van der Waals surface area contributed by atoms with E-state index in [-0.39, 0.29) is 0 Å². The van der Waals surface area contributed by atoms with E-state index in [1.165, 1.54) is 64.6 Å². The first-order valence-corrected chi connectivity index (χ1v) is 41.9. The van der Waals surface area contributed by atoms with Gasteiger partial charge in [-0.1, -0.05) is 328 Å². The van der Waals surface area contributed by atoms with Crippen molar-refractivity contribution in [1.29, 1.82) is 0 Å². The third-order valence-corrected chi connectivity index (χ3v) is 25.4. The number of para-hydroxylation sites is 1. The average Bonchev–Trinajstić information content (AvgIpc) is 1.55. The number of aromatic nitrogens is 8. The van der Waals surface area contributed by atoms with Crippen LogP contribution in [0.25, 0.3) is 264 Å². The summed E-state index contributed by atoms with van der Waals surface area (Å²) in [6.07, 6.45) is 0. The van der Waals surface area contributed by atoms with E-state index in [1.54, 1.807) is 0 Å². The van der Waals surface area contributed by atoms with E-state index in [0.717, 1.165) is 165 Å². The molecule has 10 nitrogen and oxygen atoms in total. The molecule has 0 aliphatic rings. The highest BCUT2D eigenvalue weighted by molar-refractivity contribution is 6.27. The molecular weight excluding hydrogens is 1510 g/mol. The Morgan fingerprint density at radius 1 is 0.177 bits per heavy atom. The van der Waals surface area contributed by atoms with Gasteiger partial charge in [0.1, 0.15) is 11.2 Å². The van der Waals surface area contributed by atoms with Gasteiger partial charge >= 0.3 is 0 Å². The van der Waals surface area contributed by atoms with Crippen LogP contribution in [0.4, 0.5) is 0 Å². The predicted molar refractivity (Wildman–Crippen MR) is 513 cm³/mol. The second-order valence-corrected chi connectivity index (χ2v) is 32.3. The van der Waals surface area contributed by atoms with Crippen molar-refractivity contribution in [1.82, 2.24) is 39.0 Å². The maximum atomic E-state index is 7.31. The van der Waals surface area contributed by atoms with Crippen LogP contribution >= 0.6 is 0 Å². The number of hydrogen-bond acceptors (Lipinski definition) is 8. The van der Waals surface area contributed by atoms with Crippen molar-refractivity contribution in [3.8, 4) is 79.7 Å². The molecule has 0 aliphatic carbocycles. The Labute approximate surface area is 707 Å². The largest absolute Gasteiger partial charge is 0.454 e. The zero-order valence-electron chi connectivity index (χ0n) is 66.5. The first-order valence-electron chi connectivity index (χ1n) is 41.9. The third kappa shape index (κ3) is 10.8. The van der Waals surface area contributed by atoms with Gasteiger partial charge in [0.2, 0.25) is 0 Å². The first kappa shape index (κ1) is 69.2. The zero-order chi connectivity index (χ0) is 81.2. The zero-order valence-corrected chi connectivity index (χ0v) is 66.5. The normalized spacial score (nSPS) is 12.0. The summed E-state index contributed by atoms with van der Waals surface area (Å²) in [4.78, 5) is 32.0. The molecule has 0 fully saturated rings. The molecule has 0 saturated carbocycles. The molecule has 27 rings (SSSR count). The number of benzene rings is 21. The van der Waals surface area contributed by atoms with E-state index in [2.05, 4.69) is 397 Å². The van der Waals surface area contributed by atoms with Crippen LogP contribution in [0.15, 0.2) is 409 Å². The van der Waals surface area contributed by atoms with Crippen molar-refractivity contribution in [2.75, 3.05) is 0 Å². The molecular formula is C114H66N8O2. The summed E-state index contributed by atoms with van der Waals surface area (Å²) in [6.45, 7) is 0. The van der Waals surface area contributed by atoms with Crippen LogP contribution in [0, 0.1) is 0 Å². The van der Waals surface area contributed by atoms with Gasteiger partial charge in [0.05, 0.1) is 33.4 Å². The first-order chi connectivity index (χ1) is 61.5. The minimum atomic E-state index is 0.576. The van der Waals surface area contributed by atoms with Gasteiger partial charge < -0.3 is 18.0 Å². The van der Waals surface area contributed by atoms with Crippen molar-refractivity contribution in [3.05, 3.63) is 400 Å². The smallest absolute Gasteiger partial charge is 0.164 e. The fraction of sp³-hybridized carbons (Fsp3) is 0. The highest BCUT2D eigenvalue weighted by Gasteiger charge is 2.29. The van der Waals surface area contributed by atoms with E-state index < -0.39 is 0 Å². The fourth-order valence-corrected chi connectivity index (χ4v) is 19.7. The van der Waals surface area contributed by atoms with Crippen LogP contribution in [0.3, 0.4) is 0 Å². The van der Waals surface area contributed by atoms with Crippen molar-refractivity contribution in [2.45, 2.75) is 0 Å². The standard InChI is InChI=1S/C59H34N4O.C55H32N4O/c1-2-18-40-34-52-49(33-39(40)17-1)53-43-23-9-5-15-37(43)28-31-50(53)63(52)51-32-30-48(54-47-29-27-38-16-6-10-24-44(38)55(47)64-56(51)54)59-61-57(45-25-11-19-35-13-3-7-21-41(35)45)60-58(62-59)46-26-12-20-36-14-4-8-22-42(36)46;1-2-15-36-30-39(25-24-33(36)12-1)53-56-54(43-22-11-18-34-13-5-7-19-40(34)43)58-55(57-53)45-28-29-47(52-50(45)44-21-9-10-23-49(44)60-52)59-48-32-38-17-4-3-16-37(38)31-46(48)42-27-26-35-14-6-8-20-41(35)51(42)59/h1-34H;1-32H. The predicted octanol–water partition coefficient (Wildman–Crippen LogP) is 30.1. The maximum absolute atomic E-state index is 7.31. The number of furan rings is 2. The maximum Gasteiger partial charge on any atom is 0.164 e. The van der Waals surface area contributed by atoms with Crippen molar-refractivity contribution in [2.24, 2.45) is 0 Å². The third-order valence-electron chi connectivity index (χ3n) is 25.4. The lowest BCUT2D eigenvalue weighted by Crippen LogP contribution is -2.02. The van der Waals surface area contributed by atoms with E-state index in [0.29, 0.717) is 34.9 Å². The van der Waals surface area contributed by atoms with Crippen LogP contribution in [0.1, 0.15) is 0 Å². The molecule has 574 valence electrons. The minimum Gasteiger partial charge on any atom is -0.454 e. The summed E-state index contributed by atoms with van der Waals surface area (Å²) in [5, 5.41) is 29.4. The Balaban J connectivity index is 0.000000133. The summed E-state index contributed by atoms with van der Waals surface area (Å²) in [5.74, 6) is 3.61. The van der Waals surface area contributed by atoms with Gasteiger partial charge in [-0.25, -0.2) is 29.9 Å². The van der Waals surface area contributed by atoms with E-state index in [9.17, 15) is 0 Å². The van der Waals surface area contributed by atoms with Crippen LogP contribution in [-0.4, -0.2) is 39.0 Å². The fourth-order valence-electron chi connectivity index (χ4n) is 19.7. The molecule has 0 N–H and O–H groups in total. The van der Waals surface area contributed by atoms with Gasteiger partial charge in [0.25, 0.3) is 0 Å². The molecule has 0 saturated heterocycles. The van der Waals surface area contributed by atoms with E-state index in [1.807, 2.05) is 12.1 Å². The summed E-state index contributed by atoms with van der Waals surface area (Å²) in [7, 11) is 0. The molecule has 0 unspecified atom stereocenters. The monoisotopic (exact) mass is 1580 g/mol. The Morgan fingerprint density at radius 2 is 0.548 bits per heavy atom. The average molecular weight is 1580 g/mol. The van der Waals surface area contributed by atoms with Gasteiger partial charge in [-0.3, -0.25) is 0 Å². The van der Waals surface area contributed by atoms with Crippen LogP contribution in [0.2, 0.25) is 0 Å². The molecule has 0 radical (unpaired) electrons. The Hall–Kier alpha value is -16.8. The molecule has 6 heterocycles. The highest BCUT2D eigenvalue weighted by atomic mass is 16.3. The van der Waals surface area contributed by atoms with Gasteiger partial charge in [-0.05, 0) is 159 Å². The Kier molecular flexibility index (Phi) is 15.3. The molecule has 0 spiro atoms. The van der Waals surface area contributed by atoms with E-state index >= 15 is 0 Å². The lowest BCUT2D eigenvalue weighted by atomic mass is 10.0. The SMILES string of the molecule is c1ccc2cc(-c3nc(-c4cccc5ccccc45)nc(-c4ccc(-n5c6cc7ccccc7cc6c6ccc7ccccc7c65)c5oc6ccccc6c45)n3)ccc2c1.c1ccc2cc3c(cc2c1)c1c2ccccc2ccc1n3-c1ccc(-c2nc(-c3cccc4ccccc34)nc(-c3cccc4ccccc34)n2)c2c1oc1c3ccccc3ccc12. The van der Waals surface area contributed by atoms with Crippen LogP contribution in [-0.2, 0) is 0 Å². The summed E-state index contributed by atoms with van der Waals surface area (Å²) in [6, 6.07) is 142. The van der Waals surface area contributed by atoms with Crippen molar-refractivity contribution < 1.29 is 8.83 Å². The Bertz CT molecular complexity index is 9140. The second kappa shape index (κ2) is 27.4. The van der Waals surface area contributed by atoms with Crippen molar-refractivity contribution in [3.63, 3.8) is 0 Å². The highest BCUT2D eigenvalue weighted by Crippen LogP contribution is 2.49. The second-order valence-electron chi connectivity index (χ2n) is 32.3. The summed E-state index contributed by atoms with van der Waals surface area (Å²) >= 11 is 0. The molecule has 21 aromatic carbocycles. The lowest BCUT2D eigenvalue weighted by Gasteiger charge is -2.14. The quantitative estimate of drug-likeness (QED) is 0.148. The topological polar surface area (TPSA) is 113 Å². The summed E-state index contributed by atoms with van der Waals surface area (Å²) < 4.78 is 19.1. The van der Waals surface area contributed by atoms with Gasteiger partial charge in [-0.2, -0.15) is 0 Å². The van der Waals surface area contributed by atoms with Gasteiger partial charge in [0, 0.05) is 87.2 Å². The molecule has 0 amide bonds. The van der Waals surface area contributed by atoms with Crippen LogP contribution in [0.5, 0.6) is 0 Å².